The Morgan fingerprint density at radius 3 is 2.96 bits per heavy atom. The summed E-state index contributed by atoms with van der Waals surface area (Å²) in [7, 11) is 0. The fraction of sp³-hybridized carbons (Fsp3) is 0.278. The number of imidazole rings is 1. The quantitative estimate of drug-likeness (QED) is 0.662. The zero-order valence-corrected chi connectivity index (χ0v) is 14.1. The topological polar surface area (TPSA) is 100 Å². The number of aromatic nitrogens is 3. The van der Waals surface area contributed by atoms with Gasteiger partial charge in [0.05, 0.1) is 18.0 Å². The van der Waals surface area contributed by atoms with Crippen molar-refractivity contribution in [1.82, 2.24) is 15.0 Å². The number of benzene rings is 1. The van der Waals surface area contributed by atoms with Gasteiger partial charge in [-0.2, -0.15) is 0 Å². The molecular formula is C18H20N4O3. The van der Waals surface area contributed by atoms with E-state index in [9.17, 15) is 4.79 Å². The van der Waals surface area contributed by atoms with E-state index >= 15 is 0 Å². The first-order valence-corrected chi connectivity index (χ1v) is 8.08. The second-order valence-corrected chi connectivity index (χ2v) is 5.93. The van der Waals surface area contributed by atoms with Crippen molar-refractivity contribution in [2.75, 3.05) is 11.9 Å². The molecule has 0 radical (unpaired) electrons. The highest BCUT2D eigenvalue weighted by Crippen LogP contribution is 2.22. The van der Waals surface area contributed by atoms with Gasteiger partial charge in [-0.1, -0.05) is 18.2 Å². The molecule has 1 aromatic carbocycles. The summed E-state index contributed by atoms with van der Waals surface area (Å²) in [5.41, 5.74) is 3.74. The smallest absolute Gasteiger partial charge is 0.411 e. The summed E-state index contributed by atoms with van der Waals surface area (Å²) >= 11 is 0. The molecule has 3 rings (SSSR count). The van der Waals surface area contributed by atoms with E-state index in [0.717, 1.165) is 11.1 Å². The van der Waals surface area contributed by atoms with Gasteiger partial charge in [-0.05, 0) is 38.0 Å². The monoisotopic (exact) mass is 340 g/mol. The summed E-state index contributed by atoms with van der Waals surface area (Å²) < 4.78 is 5.05. The maximum Gasteiger partial charge on any atom is 0.411 e. The number of amides is 1. The molecule has 2 heterocycles. The fourth-order valence-corrected chi connectivity index (χ4v) is 2.46. The van der Waals surface area contributed by atoms with E-state index in [2.05, 4.69) is 20.3 Å². The van der Waals surface area contributed by atoms with Crippen LogP contribution in [0.25, 0.3) is 22.6 Å². The summed E-state index contributed by atoms with van der Waals surface area (Å²) in [5, 5.41) is 11.7. The molecule has 130 valence electrons. The van der Waals surface area contributed by atoms with Crippen LogP contribution in [0, 0.1) is 0 Å². The molecule has 3 N–H and O–H groups in total. The molecule has 1 amide bonds. The summed E-state index contributed by atoms with van der Waals surface area (Å²) in [6.45, 7) is 3.67. The number of anilines is 1. The van der Waals surface area contributed by atoms with Gasteiger partial charge in [0.25, 0.3) is 0 Å². The molecule has 0 bridgehead atoms. The Hall–Kier alpha value is -2.93. The normalized spacial score (nSPS) is 11.0. The van der Waals surface area contributed by atoms with Gasteiger partial charge in [0, 0.05) is 12.2 Å². The maximum atomic E-state index is 11.7. The molecule has 0 atom stereocenters. The molecule has 0 aliphatic carbocycles. The van der Waals surface area contributed by atoms with Gasteiger partial charge < -0.3 is 14.8 Å². The number of aromatic amines is 1. The van der Waals surface area contributed by atoms with Crippen LogP contribution in [0.2, 0.25) is 0 Å². The van der Waals surface area contributed by atoms with Gasteiger partial charge in [-0.25, -0.2) is 14.8 Å². The lowest BCUT2D eigenvalue weighted by atomic mass is 10.1. The third kappa shape index (κ3) is 4.13. The minimum Gasteiger partial charge on any atom is -0.447 e. The van der Waals surface area contributed by atoms with Crippen LogP contribution in [-0.4, -0.2) is 38.9 Å². The maximum absolute atomic E-state index is 11.7. The first-order valence-electron chi connectivity index (χ1n) is 8.08. The molecule has 7 nitrogen and oxygen atoms in total. The van der Waals surface area contributed by atoms with Gasteiger partial charge >= 0.3 is 6.09 Å². The molecule has 0 saturated carbocycles. The van der Waals surface area contributed by atoms with E-state index < -0.39 is 6.09 Å². The predicted octanol–water partition coefficient (Wildman–Crippen LogP) is 3.12. The van der Waals surface area contributed by atoms with Gasteiger partial charge in [0.1, 0.15) is 11.3 Å². The minimum absolute atomic E-state index is 0.104. The van der Waals surface area contributed by atoms with Gasteiger partial charge in [0.15, 0.2) is 5.65 Å². The van der Waals surface area contributed by atoms with E-state index in [-0.39, 0.29) is 12.7 Å². The molecule has 0 unspecified atom stereocenters. The molecule has 0 aliphatic rings. The number of hydrogen-bond donors (Lipinski definition) is 3. The summed E-state index contributed by atoms with van der Waals surface area (Å²) in [6.07, 6.45) is 1.43. The van der Waals surface area contributed by atoms with Crippen molar-refractivity contribution in [2.45, 2.75) is 26.4 Å². The number of carbonyl (C=O) groups excluding carboxylic acids is 1. The largest absolute Gasteiger partial charge is 0.447 e. The minimum atomic E-state index is -0.524. The van der Waals surface area contributed by atoms with Gasteiger partial charge in [-0.15, -0.1) is 0 Å². The highest BCUT2D eigenvalue weighted by molar-refractivity contribution is 5.87. The number of hydrogen-bond acceptors (Lipinski definition) is 5. The molecule has 0 spiro atoms. The Morgan fingerprint density at radius 1 is 1.36 bits per heavy atom. The second-order valence-electron chi connectivity index (χ2n) is 5.93. The first-order chi connectivity index (χ1) is 12.0. The van der Waals surface area contributed by atoms with E-state index in [1.54, 1.807) is 26.1 Å². The summed E-state index contributed by atoms with van der Waals surface area (Å²) in [6, 6.07) is 9.55. The van der Waals surface area contributed by atoms with Gasteiger partial charge in [-0.3, -0.25) is 5.32 Å². The third-order valence-electron chi connectivity index (χ3n) is 3.53. The molecule has 0 fully saturated rings. The Labute approximate surface area is 145 Å². The lowest BCUT2D eigenvalue weighted by Gasteiger charge is -2.08. The van der Waals surface area contributed by atoms with Crippen molar-refractivity contribution in [3.8, 4) is 11.4 Å². The molecular weight excluding hydrogens is 320 g/mol. The summed E-state index contributed by atoms with van der Waals surface area (Å²) in [4.78, 5) is 23.7. The predicted molar refractivity (Wildman–Crippen MR) is 95.4 cm³/mol. The van der Waals surface area contributed by atoms with Crippen molar-refractivity contribution in [3.63, 3.8) is 0 Å². The third-order valence-corrected chi connectivity index (χ3v) is 3.53. The van der Waals surface area contributed by atoms with Crippen molar-refractivity contribution in [2.24, 2.45) is 0 Å². The first kappa shape index (κ1) is 16.9. The fourth-order valence-electron chi connectivity index (χ4n) is 2.46. The van der Waals surface area contributed by atoms with Crippen molar-refractivity contribution >= 4 is 22.9 Å². The van der Waals surface area contributed by atoms with Crippen LogP contribution in [0.15, 0.2) is 36.5 Å². The van der Waals surface area contributed by atoms with Crippen LogP contribution >= 0.6 is 0 Å². The number of H-pyrrole nitrogens is 1. The van der Waals surface area contributed by atoms with Crippen LogP contribution in [0.1, 0.15) is 19.4 Å². The number of fused-ring (bicyclic) bond motifs is 1. The van der Waals surface area contributed by atoms with Crippen molar-refractivity contribution < 1.29 is 14.6 Å². The van der Waals surface area contributed by atoms with Crippen molar-refractivity contribution in [3.05, 3.63) is 42.1 Å². The highest BCUT2D eigenvalue weighted by Gasteiger charge is 2.10. The number of pyridine rings is 1. The van der Waals surface area contributed by atoms with Crippen LogP contribution in [0.4, 0.5) is 10.5 Å². The number of nitrogens with zero attached hydrogens (tertiary/aromatic N) is 2. The van der Waals surface area contributed by atoms with Crippen LogP contribution in [0.5, 0.6) is 0 Å². The van der Waals surface area contributed by atoms with Crippen molar-refractivity contribution in [1.29, 1.82) is 0 Å². The Morgan fingerprint density at radius 2 is 2.20 bits per heavy atom. The Bertz CT molecular complexity index is 889. The number of carbonyl (C=O) groups is 1. The lowest BCUT2D eigenvalue weighted by molar-refractivity contribution is 0.130. The van der Waals surface area contributed by atoms with Crippen LogP contribution in [-0.2, 0) is 11.2 Å². The zero-order valence-electron chi connectivity index (χ0n) is 14.1. The lowest BCUT2D eigenvalue weighted by Crippen LogP contribution is -2.18. The van der Waals surface area contributed by atoms with E-state index in [4.69, 9.17) is 9.84 Å². The van der Waals surface area contributed by atoms with E-state index in [1.807, 2.05) is 24.3 Å². The Balaban J connectivity index is 1.85. The molecule has 2 aromatic heterocycles. The highest BCUT2D eigenvalue weighted by atomic mass is 16.6. The van der Waals surface area contributed by atoms with E-state index in [1.165, 1.54) is 0 Å². The Kier molecular flexibility index (Phi) is 4.95. The van der Waals surface area contributed by atoms with Crippen LogP contribution < -0.4 is 5.32 Å². The standard InChI is InChI=1S/C18H20N4O3/c1-11(2)25-18(24)20-14-9-15-17(19-10-14)22-16(21-15)13-5-3-4-12(8-13)6-7-23/h3-5,8-11,23H,6-7H2,1-2H3,(H,20,24)(H,19,21,22). The molecule has 7 heteroatoms. The molecule has 3 aromatic rings. The molecule has 25 heavy (non-hydrogen) atoms. The average Bonchev–Trinajstić information content (AvgIpc) is 2.98. The van der Waals surface area contributed by atoms with E-state index in [0.29, 0.717) is 29.1 Å². The number of nitrogens with one attached hydrogen (secondary N) is 2. The zero-order chi connectivity index (χ0) is 17.8. The average molecular weight is 340 g/mol. The van der Waals surface area contributed by atoms with Crippen LogP contribution in [0.3, 0.4) is 0 Å². The molecule has 0 saturated heterocycles. The number of aliphatic hydroxyl groups is 1. The number of rotatable bonds is 5. The van der Waals surface area contributed by atoms with Gasteiger partial charge in [0.2, 0.25) is 0 Å². The molecule has 0 aliphatic heterocycles. The second kappa shape index (κ2) is 7.31. The summed E-state index contributed by atoms with van der Waals surface area (Å²) in [5.74, 6) is 0.684. The number of aliphatic hydroxyl groups excluding tert-OH is 1. The SMILES string of the molecule is CC(C)OC(=O)Nc1cnc2[nH]c(-c3cccc(CCO)c3)nc2c1. The number of ether oxygens (including phenoxy) is 1.